The molecule has 2 aromatic carbocycles. The number of aromatic nitrogens is 3. The van der Waals surface area contributed by atoms with Gasteiger partial charge in [0, 0.05) is 42.3 Å². The summed E-state index contributed by atoms with van der Waals surface area (Å²) >= 11 is 0. The number of carbonyl (C=O) groups is 1. The van der Waals surface area contributed by atoms with Gasteiger partial charge in [0.25, 0.3) is 0 Å². The number of nitrogens with zero attached hydrogens (tertiary/aromatic N) is 2. The lowest BCUT2D eigenvalue weighted by molar-refractivity contribution is -0.121. The molecule has 1 fully saturated rings. The van der Waals surface area contributed by atoms with Gasteiger partial charge in [0.15, 0.2) is 5.82 Å². The normalized spacial score (nSPS) is 16.7. The number of rotatable bonds is 5. The van der Waals surface area contributed by atoms with E-state index < -0.39 is 0 Å². The number of amides is 1. The van der Waals surface area contributed by atoms with Crippen molar-refractivity contribution >= 4 is 22.6 Å². The molecule has 1 atom stereocenters. The molecule has 0 radical (unpaired) electrons. The molecule has 0 aliphatic carbocycles. The van der Waals surface area contributed by atoms with Gasteiger partial charge in [-0.05, 0) is 30.0 Å². The molecule has 6 heteroatoms. The lowest BCUT2D eigenvalue weighted by Crippen LogP contribution is -2.48. The lowest BCUT2D eigenvalue weighted by atomic mass is 10.0. The second-order valence-corrected chi connectivity index (χ2v) is 7.89. The van der Waals surface area contributed by atoms with Crippen LogP contribution in [0.1, 0.15) is 18.4 Å². The molecule has 2 aromatic heterocycles. The van der Waals surface area contributed by atoms with E-state index in [4.69, 9.17) is 0 Å². The van der Waals surface area contributed by atoms with Crippen LogP contribution in [0.15, 0.2) is 66.9 Å². The van der Waals surface area contributed by atoms with Gasteiger partial charge in [-0.2, -0.15) is 5.10 Å². The summed E-state index contributed by atoms with van der Waals surface area (Å²) in [5.41, 5.74) is 4.24. The van der Waals surface area contributed by atoms with Crippen LogP contribution in [0.5, 0.6) is 0 Å². The van der Waals surface area contributed by atoms with Gasteiger partial charge in [-0.1, -0.05) is 48.5 Å². The molecule has 3 N–H and O–H groups in total. The zero-order valence-electron chi connectivity index (χ0n) is 16.8. The molecule has 0 bridgehead atoms. The van der Waals surface area contributed by atoms with Crippen LogP contribution in [0.4, 0.5) is 5.82 Å². The predicted molar refractivity (Wildman–Crippen MR) is 119 cm³/mol. The summed E-state index contributed by atoms with van der Waals surface area (Å²) in [6.45, 7) is 1.73. The van der Waals surface area contributed by atoms with Crippen molar-refractivity contribution in [2.75, 3.05) is 18.0 Å². The van der Waals surface area contributed by atoms with Crippen molar-refractivity contribution in [2.45, 2.75) is 25.3 Å². The zero-order valence-corrected chi connectivity index (χ0v) is 16.8. The number of benzene rings is 2. The Morgan fingerprint density at radius 3 is 2.87 bits per heavy atom. The van der Waals surface area contributed by atoms with Crippen LogP contribution >= 0.6 is 0 Å². The first-order chi connectivity index (χ1) is 14.8. The Labute approximate surface area is 175 Å². The van der Waals surface area contributed by atoms with Crippen LogP contribution in [0.2, 0.25) is 0 Å². The van der Waals surface area contributed by atoms with E-state index in [1.807, 2.05) is 42.6 Å². The molecule has 0 saturated carbocycles. The van der Waals surface area contributed by atoms with E-state index in [9.17, 15) is 4.79 Å². The molecule has 1 aliphatic heterocycles. The van der Waals surface area contributed by atoms with E-state index in [1.165, 1.54) is 0 Å². The average molecular weight is 399 g/mol. The van der Waals surface area contributed by atoms with E-state index in [0.29, 0.717) is 6.42 Å². The Balaban J connectivity index is 1.22. The zero-order chi connectivity index (χ0) is 20.3. The molecule has 152 valence electrons. The third-order valence-electron chi connectivity index (χ3n) is 5.79. The summed E-state index contributed by atoms with van der Waals surface area (Å²) in [5, 5.41) is 12.0. The van der Waals surface area contributed by atoms with E-state index >= 15 is 0 Å². The molecule has 0 spiro atoms. The molecule has 1 saturated heterocycles. The summed E-state index contributed by atoms with van der Waals surface area (Å²) < 4.78 is 0. The van der Waals surface area contributed by atoms with Crippen LogP contribution in [-0.2, 0) is 11.2 Å². The maximum Gasteiger partial charge on any atom is 0.224 e. The quantitative estimate of drug-likeness (QED) is 0.477. The Kier molecular flexibility index (Phi) is 4.97. The Bertz CT molecular complexity index is 1150. The summed E-state index contributed by atoms with van der Waals surface area (Å²) in [4.78, 5) is 18.2. The Hall–Kier alpha value is -3.54. The van der Waals surface area contributed by atoms with E-state index in [-0.39, 0.29) is 11.9 Å². The summed E-state index contributed by atoms with van der Waals surface area (Å²) in [5.74, 6) is 1.00. The van der Waals surface area contributed by atoms with E-state index in [1.54, 1.807) is 0 Å². The van der Waals surface area contributed by atoms with Crippen molar-refractivity contribution < 1.29 is 4.79 Å². The van der Waals surface area contributed by atoms with Crippen LogP contribution in [-0.4, -0.2) is 40.2 Å². The number of H-pyrrole nitrogens is 2. The highest BCUT2D eigenvalue weighted by atomic mass is 16.1. The number of piperidine rings is 1. The molecular weight excluding hydrogens is 374 g/mol. The number of aromatic amines is 2. The first-order valence-corrected chi connectivity index (χ1v) is 10.5. The van der Waals surface area contributed by atoms with Crippen LogP contribution in [0.3, 0.4) is 0 Å². The fraction of sp³-hybridized carbons (Fsp3) is 0.250. The number of carbonyl (C=O) groups excluding carboxylic acids is 1. The predicted octanol–water partition coefficient (Wildman–Crippen LogP) is 3.89. The molecule has 5 rings (SSSR count). The van der Waals surface area contributed by atoms with Gasteiger partial charge in [0.2, 0.25) is 5.91 Å². The minimum absolute atomic E-state index is 0.0682. The Morgan fingerprint density at radius 1 is 1.13 bits per heavy atom. The van der Waals surface area contributed by atoms with Crippen molar-refractivity contribution in [3.05, 3.63) is 72.4 Å². The minimum atomic E-state index is 0.0682. The largest absolute Gasteiger partial charge is 0.361 e. The number of hydrogen-bond donors (Lipinski definition) is 3. The summed E-state index contributed by atoms with van der Waals surface area (Å²) in [7, 11) is 0. The van der Waals surface area contributed by atoms with E-state index in [2.05, 4.69) is 49.7 Å². The molecular formula is C24H25N5O. The molecule has 1 amide bonds. The molecule has 6 nitrogen and oxygen atoms in total. The second-order valence-electron chi connectivity index (χ2n) is 7.89. The van der Waals surface area contributed by atoms with Crippen molar-refractivity contribution in [3.63, 3.8) is 0 Å². The molecule has 3 heterocycles. The van der Waals surface area contributed by atoms with Crippen LogP contribution in [0, 0.1) is 0 Å². The van der Waals surface area contributed by atoms with Crippen molar-refractivity contribution in [2.24, 2.45) is 0 Å². The highest BCUT2D eigenvalue weighted by molar-refractivity contribution is 5.89. The third kappa shape index (κ3) is 3.81. The van der Waals surface area contributed by atoms with Crippen molar-refractivity contribution in [1.29, 1.82) is 0 Å². The fourth-order valence-corrected chi connectivity index (χ4v) is 4.27. The topological polar surface area (TPSA) is 76.8 Å². The van der Waals surface area contributed by atoms with Gasteiger partial charge in [-0.25, -0.2) is 0 Å². The molecule has 4 aromatic rings. The smallest absolute Gasteiger partial charge is 0.224 e. The van der Waals surface area contributed by atoms with Gasteiger partial charge >= 0.3 is 0 Å². The Morgan fingerprint density at radius 2 is 1.97 bits per heavy atom. The highest BCUT2D eigenvalue weighted by Gasteiger charge is 2.23. The monoisotopic (exact) mass is 399 g/mol. The van der Waals surface area contributed by atoms with Gasteiger partial charge in [0.05, 0.1) is 12.1 Å². The highest BCUT2D eigenvalue weighted by Crippen LogP contribution is 2.24. The average Bonchev–Trinajstić information content (AvgIpc) is 3.43. The van der Waals surface area contributed by atoms with Crippen LogP contribution < -0.4 is 10.2 Å². The van der Waals surface area contributed by atoms with Gasteiger partial charge in [-0.3, -0.25) is 9.89 Å². The summed E-state index contributed by atoms with van der Waals surface area (Å²) in [6.07, 6.45) is 4.35. The SMILES string of the molecule is O=C(Cc1c[nH]c2ccccc12)N[C@H]1CCCN(c2cc(-c3ccccc3)[nH]n2)C1. The lowest BCUT2D eigenvalue weighted by Gasteiger charge is -2.33. The van der Waals surface area contributed by atoms with Gasteiger partial charge in [0.1, 0.15) is 0 Å². The van der Waals surface area contributed by atoms with E-state index in [0.717, 1.165) is 59.5 Å². The van der Waals surface area contributed by atoms with Gasteiger partial charge < -0.3 is 15.2 Å². The maximum atomic E-state index is 12.7. The first kappa shape index (κ1) is 18.5. The fourth-order valence-electron chi connectivity index (χ4n) is 4.27. The third-order valence-corrected chi connectivity index (χ3v) is 5.79. The van der Waals surface area contributed by atoms with Crippen molar-refractivity contribution in [1.82, 2.24) is 20.5 Å². The number of anilines is 1. The standard InChI is InChI=1S/C24H25N5O/c30-24(13-18-15-25-21-11-5-4-10-20(18)21)26-19-9-6-12-29(16-19)23-14-22(27-28-23)17-7-2-1-3-8-17/h1-5,7-8,10-11,14-15,19,25H,6,9,12-13,16H2,(H,26,30)(H,27,28)/t19-/m0/s1. The van der Waals surface area contributed by atoms with Crippen molar-refractivity contribution in [3.8, 4) is 11.3 Å². The molecule has 1 aliphatic rings. The number of fused-ring (bicyclic) bond motifs is 1. The first-order valence-electron chi connectivity index (χ1n) is 10.5. The number of hydrogen-bond acceptors (Lipinski definition) is 3. The number of nitrogens with one attached hydrogen (secondary N) is 3. The van der Waals surface area contributed by atoms with Gasteiger partial charge in [-0.15, -0.1) is 0 Å². The second kappa shape index (κ2) is 8.06. The van der Waals surface area contributed by atoms with Crippen LogP contribution in [0.25, 0.3) is 22.2 Å². The maximum absolute atomic E-state index is 12.7. The summed E-state index contributed by atoms with van der Waals surface area (Å²) in [6, 6.07) is 20.5. The molecule has 30 heavy (non-hydrogen) atoms. The number of para-hydroxylation sites is 1. The minimum Gasteiger partial charge on any atom is -0.361 e. The molecule has 0 unspecified atom stereocenters.